The Morgan fingerprint density at radius 1 is 1.31 bits per heavy atom. The van der Waals surface area contributed by atoms with E-state index in [4.69, 9.17) is 0 Å². The molecule has 3 heteroatoms. The summed E-state index contributed by atoms with van der Waals surface area (Å²) in [5.41, 5.74) is 2.19. The van der Waals surface area contributed by atoms with Crippen LogP contribution in [0, 0.1) is 6.92 Å². The van der Waals surface area contributed by atoms with E-state index in [0.717, 1.165) is 18.7 Å². The lowest BCUT2D eigenvalue weighted by Gasteiger charge is -2.15. The maximum Gasteiger partial charge on any atom is 0.242 e. The second-order valence-electron chi connectivity index (χ2n) is 4.02. The summed E-state index contributed by atoms with van der Waals surface area (Å²) in [5.74, 6) is 0.0439. The Morgan fingerprint density at radius 2 is 1.94 bits per heavy atom. The molecule has 0 aliphatic carbocycles. The molecular weight excluding hydrogens is 200 g/mol. The molecule has 0 saturated heterocycles. The molecule has 0 radical (unpaired) electrons. The second-order valence-corrected chi connectivity index (χ2v) is 4.02. The van der Waals surface area contributed by atoms with E-state index in [0.29, 0.717) is 0 Å². The van der Waals surface area contributed by atoms with Crippen LogP contribution >= 0.6 is 0 Å². The van der Waals surface area contributed by atoms with Crippen molar-refractivity contribution in [1.29, 1.82) is 0 Å². The fourth-order valence-electron chi connectivity index (χ4n) is 1.37. The molecule has 0 spiro atoms. The van der Waals surface area contributed by atoms with Gasteiger partial charge in [0.25, 0.3) is 0 Å². The number of nitrogens with one attached hydrogen (secondary N) is 2. The number of benzene rings is 1. The average Bonchev–Trinajstić information content (AvgIpc) is 2.29. The molecule has 1 aromatic rings. The first kappa shape index (κ1) is 12.6. The highest BCUT2D eigenvalue weighted by Gasteiger charge is 2.10. The van der Waals surface area contributed by atoms with Gasteiger partial charge in [0.15, 0.2) is 0 Å². The lowest BCUT2D eigenvalue weighted by atomic mass is 10.2. The molecule has 0 aliphatic rings. The molecule has 0 heterocycles. The van der Waals surface area contributed by atoms with Gasteiger partial charge in [-0.05, 0) is 32.4 Å². The highest BCUT2D eigenvalue weighted by Crippen LogP contribution is 2.09. The van der Waals surface area contributed by atoms with Crippen molar-refractivity contribution in [2.45, 2.75) is 33.2 Å². The quantitative estimate of drug-likeness (QED) is 0.799. The molecule has 0 aliphatic heterocycles. The predicted octanol–water partition coefficient (Wildman–Crippen LogP) is 2.32. The Balaban J connectivity index is 2.47. The molecule has 2 N–H and O–H groups in total. The van der Waals surface area contributed by atoms with E-state index in [1.54, 1.807) is 0 Å². The van der Waals surface area contributed by atoms with Crippen LogP contribution in [0.25, 0.3) is 0 Å². The smallest absolute Gasteiger partial charge is 0.242 e. The number of carbonyl (C=O) groups excluding carboxylic acids is 1. The first-order chi connectivity index (χ1) is 7.63. The van der Waals surface area contributed by atoms with Gasteiger partial charge in [0, 0.05) is 12.2 Å². The molecular formula is C13H20N2O. The van der Waals surface area contributed by atoms with Crippen LogP contribution in [-0.4, -0.2) is 18.5 Å². The summed E-state index contributed by atoms with van der Waals surface area (Å²) in [6, 6.07) is 7.82. The number of aryl methyl sites for hydroxylation is 1. The van der Waals surface area contributed by atoms with E-state index in [-0.39, 0.29) is 11.9 Å². The van der Waals surface area contributed by atoms with Crippen molar-refractivity contribution in [2.75, 3.05) is 11.9 Å². The van der Waals surface area contributed by atoms with Crippen molar-refractivity contribution in [2.24, 2.45) is 0 Å². The molecule has 1 amide bonds. The van der Waals surface area contributed by atoms with Crippen molar-refractivity contribution in [3.63, 3.8) is 0 Å². The minimum absolute atomic E-state index is 0.0439. The largest absolute Gasteiger partial charge is 0.374 e. The minimum Gasteiger partial charge on any atom is -0.374 e. The van der Waals surface area contributed by atoms with Gasteiger partial charge < -0.3 is 10.6 Å². The van der Waals surface area contributed by atoms with Crippen LogP contribution in [0.3, 0.4) is 0 Å². The highest BCUT2D eigenvalue weighted by atomic mass is 16.2. The van der Waals surface area contributed by atoms with Gasteiger partial charge in [0.1, 0.15) is 6.04 Å². The van der Waals surface area contributed by atoms with Gasteiger partial charge in [-0.3, -0.25) is 4.79 Å². The summed E-state index contributed by atoms with van der Waals surface area (Å²) >= 11 is 0. The minimum atomic E-state index is -0.200. The standard InChI is InChI=1S/C13H20N2O/c1-4-9-14-13(16)11(3)15-12-7-5-10(2)6-8-12/h5-8,11,15H,4,9H2,1-3H3,(H,14,16). The van der Waals surface area contributed by atoms with Crippen molar-refractivity contribution >= 4 is 11.6 Å². The zero-order chi connectivity index (χ0) is 12.0. The zero-order valence-electron chi connectivity index (χ0n) is 10.2. The SMILES string of the molecule is CCCNC(=O)C(C)Nc1ccc(C)cc1. The Hall–Kier alpha value is -1.51. The number of hydrogen-bond donors (Lipinski definition) is 2. The summed E-state index contributed by atoms with van der Waals surface area (Å²) < 4.78 is 0. The van der Waals surface area contributed by atoms with E-state index < -0.39 is 0 Å². The predicted molar refractivity (Wildman–Crippen MR) is 67.6 cm³/mol. The van der Waals surface area contributed by atoms with Crippen molar-refractivity contribution in [3.8, 4) is 0 Å². The molecule has 0 bridgehead atoms. The molecule has 16 heavy (non-hydrogen) atoms. The van der Waals surface area contributed by atoms with Crippen molar-refractivity contribution in [3.05, 3.63) is 29.8 Å². The van der Waals surface area contributed by atoms with Crippen molar-refractivity contribution < 1.29 is 4.79 Å². The molecule has 0 fully saturated rings. The van der Waals surface area contributed by atoms with Gasteiger partial charge >= 0.3 is 0 Å². The Morgan fingerprint density at radius 3 is 2.50 bits per heavy atom. The third-order valence-corrected chi connectivity index (χ3v) is 2.38. The number of anilines is 1. The highest BCUT2D eigenvalue weighted by molar-refractivity contribution is 5.84. The van der Waals surface area contributed by atoms with Crippen LogP contribution < -0.4 is 10.6 Å². The lowest BCUT2D eigenvalue weighted by molar-refractivity contribution is -0.121. The molecule has 1 aromatic carbocycles. The van der Waals surface area contributed by atoms with Gasteiger partial charge in [0.05, 0.1) is 0 Å². The normalized spacial score (nSPS) is 11.9. The Labute approximate surface area is 97.2 Å². The number of rotatable bonds is 5. The fourth-order valence-corrected chi connectivity index (χ4v) is 1.37. The van der Waals surface area contributed by atoms with Gasteiger partial charge in [-0.25, -0.2) is 0 Å². The first-order valence-electron chi connectivity index (χ1n) is 5.74. The molecule has 1 atom stereocenters. The zero-order valence-corrected chi connectivity index (χ0v) is 10.2. The maximum atomic E-state index is 11.6. The molecule has 0 saturated carbocycles. The fraction of sp³-hybridized carbons (Fsp3) is 0.462. The first-order valence-corrected chi connectivity index (χ1v) is 5.74. The van der Waals surface area contributed by atoms with E-state index in [2.05, 4.69) is 10.6 Å². The van der Waals surface area contributed by atoms with Gasteiger partial charge in [-0.15, -0.1) is 0 Å². The van der Waals surface area contributed by atoms with Crippen LogP contribution in [0.1, 0.15) is 25.8 Å². The summed E-state index contributed by atoms with van der Waals surface area (Å²) in [6.07, 6.45) is 0.961. The van der Waals surface area contributed by atoms with E-state index in [1.165, 1.54) is 5.56 Å². The molecule has 3 nitrogen and oxygen atoms in total. The molecule has 0 aromatic heterocycles. The molecule has 1 unspecified atom stereocenters. The average molecular weight is 220 g/mol. The number of hydrogen-bond acceptors (Lipinski definition) is 2. The summed E-state index contributed by atoms with van der Waals surface area (Å²) in [4.78, 5) is 11.6. The summed E-state index contributed by atoms with van der Waals surface area (Å²) in [5, 5.41) is 6.03. The number of carbonyl (C=O) groups is 1. The van der Waals surface area contributed by atoms with Crippen LogP contribution in [0.15, 0.2) is 24.3 Å². The summed E-state index contributed by atoms with van der Waals surface area (Å²) in [7, 11) is 0. The van der Waals surface area contributed by atoms with Crippen LogP contribution in [0.4, 0.5) is 5.69 Å². The van der Waals surface area contributed by atoms with Gasteiger partial charge in [0.2, 0.25) is 5.91 Å². The van der Waals surface area contributed by atoms with Gasteiger partial charge in [-0.1, -0.05) is 24.6 Å². The third-order valence-electron chi connectivity index (χ3n) is 2.38. The van der Waals surface area contributed by atoms with Crippen LogP contribution in [0.2, 0.25) is 0 Å². The third kappa shape index (κ3) is 3.93. The monoisotopic (exact) mass is 220 g/mol. The number of amides is 1. The molecule has 88 valence electrons. The molecule has 1 rings (SSSR count). The maximum absolute atomic E-state index is 11.6. The summed E-state index contributed by atoms with van der Waals surface area (Å²) in [6.45, 7) is 6.68. The second kappa shape index (κ2) is 6.16. The lowest BCUT2D eigenvalue weighted by Crippen LogP contribution is -2.37. The van der Waals surface area contributed by atoms with Gasteiger partial charge in [-0.2, -0.15) is 0 Å². The van der Waals surface area contributed by atoms with Crippen LogP contribution in [0.5, 0.6) is 0 Å². The Bertz CT molecular complexity index is 332. The topological polar surface area (TPSA) is 41.1 Å². The van der Waals surface area contributed by atoms with E-state index >= 15 is 0 Å². The van der Waals surface area contributed by atoms with Crippen molar-refractivity contribution in [1.82, 2.24) is 5.32 Å². The van der Waals surface area contributed by atoms with E-state index in [9.17, 15) is 4.79 Å². The Kier molecular flexibility index (Phi) is 4.83. The van der Waals surface area contributed by atoms with E-state index in [1.807, 2.05) is 45.0 Å². The van der Waals surface area contributed by atoms with Crippen LogP contribution in [-0.2, 0) is 4.79 Å².